The van der Waals surface area contributed by atoms with Crippen LogP contribution in [0.2, 0.25) is 5.15 Å². The highest BCUT2D eigenvalue weighted by molar-refractivity contribution is 6.34. The standard InChI is InChI=1S/C15H11ClN2.ClH/c1-10-5-4-8-13(17-10)14-9-11-6-2-3-7-12(11)15(16)18-14;/h2-9H,1H3;1H. The first-order chi connectivity index (χ1) is 8.74. The van der Waals surface area contributed by atoms with Gasteiger partial charge >= 0.3 is 0 Å². The number of halogens is 2. The second kappa shape index (κ2) is 5.55. The quantitative estimate of drug-likeness (QED) is 0.608. The van der Waals surface area contributed by atoms with Gasteiger partial charge in [-0.3, -0.25) is 4.98 Å². The van der Waals surface area contributed by atoms with Crippen LogP contribution in [0.1, 0.15) is 5.69 Å². The van der Waals surface area contributed by atoms with Crippen LogP contribution in [0.15, 0.2) is 48.5 Å². The summed E-state index contributed by atoms with van der Waals surface area (Å²) in [6, 6.07) is 15.9. The van der Waals surface area contributed by atoms with Gasteiger partial charge < -0.3 is 0 Å². The monoisotopic (exact) mass is 290 g/mol. The SMILES string of the molecule is Cc1cccc(-c2cc3ccccc3c(Cl)n2)n1.Cl. The van der Waals surface area contributed by atoms with Gasteiger partial charge in [0.15, 0.2) is 0 Å². The van der Waals surface area contributed by atoms with Gasteiger partial charge in [0.25, 0.3) is 0 Å². The number of hydrogen-bond donors (Lipinski definition) is 0. The molecule has 0 aliphatic carbocycles. The van der Waals surface area contributed by atoms with Gasteiger partial charge in [-0.25, -0.2) is 4.98 Å². The predicted molar refractivity (Wildman–Crippen MR) is 82.0 cm³/mol. The number of hydrogen-bond acceptors (Lipinski definition) is 2. The highest BCUT2D eigenvalue weighted by atomic mass is 35.5. The van der Waals surface area contributed by atoms with E-state index in [4.69, 9.17) is 11.6 Å². The first kappa shape index (κ1) is 13.8. The number of benzene rings is 1. The van der Waals surface area contributed by atoms with E-state index in [0.717, 1.165) is 27.9 Å². The Labute approximate surface area is 122 Å². The molecular formula is C15H12Cl2N2. The molecule has 2 heterocycles. The fourth-order valence-electron chi connectivity index (χ4n) is 1.97. The Morgan fingerprint density at radius 3 is 2.47 bits per heavy atom. The van der Waals surface area contributed by atoms with Crippen molar-refractivity contribution in [3.8, 4) is 11.4 Å². The summed E-state index contributed by atoms with van der Waals surface area (Å²) in [7, 11) is 0. The predicted octanol–water partition coefficient (Wildman–Crippen LogP) is 4.68. The molecule has 0 unspecified atom stereocenters. The van der Waals surface area contributed by atoms with Crippen molar-refractivity contribution in [3.63, 3.8) is 0 Å². The molecule has 0 radical (unpaired) electrons. The molecule has 96 valence electrons. The van der Waals surface area contributed by atoms with Crippen molar-refractivity contribution >= 4 is 34.8 Å². The lowest BCUT2D eigenvalue weighted by molar-refractivity contribution is 1.18. The van der Waals surface area contributed by atoms with E-state index in [1.54, 1.807) is 0 Å². The fourth-order valence-corrected chi connectivity index (χ4v) is 2.24. The van der Waals surface area contributed by atoms with Crippen LogP contribution < -0.4 is 0 Å². The molecule has 2 aromatic heterocycles. The van der Waals surface area contributed by atoms with Crippen LogP contribution in [0, 0.1) is 6.92 Å². The van der Waals surface area contributed by atoms with Gasteiger partial charge in [-0.15, -0.1) is 12.4 Å². The van der Waals surface area contributed by atoms with Gasteiger partial charge in [-0.05, 0) is 30.5 Å². The third kappa shape index (κ3) is 2.70. The smallest absolute Gasteiger partial charge is 0.137 e. The lowest BCUT2D eigenvalue weighted by atomic mass is 10.1. The maximum atomic E-state index is 6.21. The number of aromatic nitrogens is 2. The first-order valence-electron chi connectivity index (χ1n) is 5.73. The molecule has 0 atom stereocenters. The van der Waals surface area contributed by atoms with Crippen LogP contribution in [0.4, 0.5) is 0 Å². The lowest BCUT2D eigenvalue weighted by Gasteiger charge is -2.05. The molecule has 0 fully saturated rings. The van der Waals surface area contributed by atoms with Crippen LogP contribution in [0.3, 0.4) is 0 Å². The Morgan fingerprint density at radius 2 is 1.68 bits per heavy atom. The van der Waals surface area contributed by atoms with E-state index in [1.807, 2.05) is 55.5 Å². The third-order valence-corrected chi connectivity index (χ3v) is 3.13. The average molecular weight is 291 g/mol. The van der Waals surface area contributed by atoms with Gasteiger partial charge in [0, 0.05) is 11.1 Å². The first-order valence-corrected chi connectivity index (χ1v) is 6.11. The van der Waals surface area contributed by atoms with Gasteiger partial charge in [0.2, 0.25) is 0 Å². The Hall–Kier alpha value is -1.64. The molecule has 0 bridgehead atoms. The molecule has 3 rings (SSSR count). The molecule has 2 nitrogen and oxygen atoms in total. The van der Waals surface area contributed by atoms with E-state index >= 15 is 0 Å². The zero-order valence-corrected chi connectivity index (χ0v) is 11.9. The minimum atomic E-state index is 0. The topological polar surface area (TPSA) is 25.8 Å². The summed E-state index contributed by atoms with van der Waals surface area (Å²) in [5, 5.41) is 2.57. The molecule has 19 heavy (non-hydrogen) atoms. The lowest BCUT2D eigenvalue weighted by Crippen LogP contribution is -1.90. The molecule has 0 N–H and O–H groups in total. The number of aryl methyl sites for hydroxylation is 1. The molecule has 1 aromatic carbocycles. The second-order valence-corrected chi connectivity index (χ2v) is 4.54. The Bertz CT molecular complexity index is 726. The van der Waals surface area contributed by atoms with E-state index in [-0.39, 0.29) is 12.4 Å². The minimum absolute atomic E-state index is 0. The van der Waals surface area contributed by atoms with Gasteiger partial charge in [0.05, 0.1) is 11.4 Å². The largest absolute Gasteiger partial charge is 0.251 e. The van der Waals surface area contributed by atoms with Crippen LogP contribution in [-0.2, 0) is 0 Å². The maximum Gasteiger partial charge on any atom is 0.137 e. The van der Waals surface area contributed by atoms with E-state index in [0.29, 0.717) is 5.15 Å². The van der Waals surface area contributed by atoms with Crippen molar-refractivity contribution in [2.75, 3.05) is 0 Å². The number of nitrogens with zero attached hydrogens (tertiary/aromatic N) is 2. The van der Waals surface area contributed by atoms with Crippen molar-refractivity contribution < 1.29 is 0 Å². The molecular weight excluding hydrogens is 279 g/mol. The number of fused-ring (bicyclic) bond motifs is 1. The molecule has 4 heteroatoms. The summed E-state index contributed by atoms with van der Waals surface area (Å²) in [5.41, 5.74) is 2.63. The van der Waals surface area contributed by atoms with Gasteiger partial charge in [-0.2, -0.15) is 0 Å². The van der Waals surface area contributed by atoms with E-state index < -0.39 is 0 Å². The van der Waals surface area contributed by atoms with Crippen molar-refractivity contribution in [1.82, 2.24) is 9.97 Å². The average Bonchev–Trinajstić information content (AvgIpc) is 2.39. The molecule has 0 spiro atoms. The number of rotatable bonds is 1. The molecule has 0 saturated heterocycles. The van der Waals surface area contributed by atoms with E-state index in [2.05, 4.69) is 9.97 Å². The highest BCUT2D eigenvalue weighted by Crippen LogP contribution is 2.26. The van der Waals surface area contributed by atoms with E-state index in [9.17, 15) is 0 Å². The molecule has 0 saturated carbocycles. The Balaban J connectivity index is 0.00000133. The van der Waals surface area contributed by atoms with Crippen LogP contribution in [0.5, 0.6) is 0 Å². The zero-order valence-electron chi connectivity index (χ0n) is 10.3. The van der Waals surface area contributed by atoms with Crippen molar-refractivity contribution in [3.05, 3.63) is 59.4 Å². The normalized spacial score (nSPS) is 10.2. The Kier molecular flexibility index (Phi) is 4.03. The van der Waals surface area contributed by atoms with Crippen LogP contribution in [0.25, 0.3) is 22.2 Å². The van der Waals surface area contributed by atoms with Crippen molar-refractivity contribution in [2.24, 2.45) is 0 Å². The molecule has 0 aliphatic heterocycles. The fraction of sp³-hybridized carbons (Fsp3) is 0.0667. The molecule has 3 aromatic rings. The van der Waals surface area contributed by atoms with Gasteiger partial charge in [0.1, 0.15) is 5.15 Å². The highest BCUT2D eigenvalue weighted by Gasteiger charge is 2.06. The summed E-state index contributed by atoms with van der Waals surface area (Å²) < 4.78 is 0. The van der Waals surface area contributed by atoms with Crippen molar-refractivity contribution in [1.29, 1.82) is 0 Å². The van der Waals surface area contributed by atoms with Crippen molar-refractivity contribution in [2.45, 2.75) is 6.92 Å². The third-order valence-electron chi connectivity index (χ3n) is 2.84. The van der Waals surface area contributed by atoms with Crippen LogP contribution in [-0.4, -0.2) is 9.97 Å². The van der Waals surface area contributed by atoms with E-state index in [1.165, 1.54) is 0 Å². The van der Waals surface area contributed by atoms with Crippen LogP contribution >= 0.6 is 24.0 Å². The van der Waals surface area contributed by atoms with Gasteiger partial charge in [-0.1, -0.05) is 41.9 Å². The minimum Gasteiger partial charge on any atom is -0.251 e. The summed E-state index contributed by atoms with van der Waals surface area (Å²) in [5.74, 6) is 0. The molecule has 0 aliphatic rings. The maximum absolute atomic E-state index is 6.21. The molecule has 0 amide bonds. The second-order valence-electron chi connectivity index (χ2n) is 4.18. The summed E-state index contributed by atoms with van der Waals surface area (Å²) in [6.07, 6.45) is 0. The number of pyridine rings is 2. The Morgan fingerprint density at radius 1 is 0.895 bits per heavy atom. The zero-order chi connectivity index (χ0) is 12.5. The summed E-state index contributed by atoms with van der Waals surface area (Å²) >= 11 is 6.21. The summed E-state index contributed by atoms with van der Waals surface area (Å²) in [4.78, 5) is 8.89. The summed E-state index contributed by atoms with van der Waals surface area (Å²) in [6.45, 7) is 1.96.